The first-order valence-corrected chi connectivity index (χ1v) is 7.91. The highest BCUT2D eigenvalue weighted by Crippen LogP contribution is 2.11. The van der Waals surface area contributed by atoms with Crippen molar-refractivity contribution in [3.05, 3.63) is 64.6 Å². The average molecular weight is 376 g/mol. The standard InChI is InChI=1S/C17H18BrN3O2/c1-21(11-13-7-9-14(18)10-8-13)12-16(22)20-17(23)19-15-5-3-2-4-6-15/h2-10H,11-12H2,1H3,(H2,19,20,22,23). The van der Waals surface area contributed by atoms with Crippen LogP contribution >= 0.6 is 15.9 Å². The van der Waals surface area contributed by atoms with E-state index in [2.05, 4.69) is 26.6 Å². The molecule has 0 aliphatic rings. The molecule has 0 unspecified atom stereocenters. The number of rotatable bonds is 5. The first kappa shape index (κ1) is 17.2. The van der Waals surface area contributed by atoms with Crippen LogP contribution in [-0.2, 0) is 11.3 Å². The molecule has 2 aromatic carbocycles. The van der Waals surface area contributed by atoms with E-state index < -0.39 is 6.03 Å². The highest BCUT2D eigenvalue weighted by atomic mass is 79.9. The zero-order valence-corrected chi connectivity index (χ0v) is 14.3. The summed E-state index contributed by atoms with van der Waals surface area (Å²) < 4.78 is 1.01. The van der Waals surface area contributed by atoms with E-state index in [-0.39, 0.29) is 12.5 Å². The SMILES string of the molecule is CN(CC(=O)NC(=O)Nc1ccccc1)Cc1ccc(Br)cc1. The molecule has 2 N–H and O–H groups in total. The van der Waals surface area contributed by atoms with Crippen LogP contribution in [-0.4, -0.2) is 30.4 Å². The van der Waals surface area contributed by atoms with E-state index in [9.17, 15) is 9.59 Å². The molecule has 0 atom stereocenters. The third-order valence-electron chi connectivity index (χ3n) is 3.06. The van der Waals surface area contributed by atoms with E-state index in [0.29, 0.717) is 12.2 Å². The molecule has 0 spiro atoms. The minimum absolute atomic E-state index is 0.137. The van der Waals surface area contributed by atoms with Crippen LogP contribution in [0.3, 0.4) is 0 Å². The molecule has 0 saturated heterocycles. The molecule has 2 rings (SSSR count). The number of hydrogen-bond acceptors (Lipinski definition) is 3. The Morgan fingerprint density at radius 1 is 1.04 bits per heavy atom. The van der Waals surface area contributed by atoms with Crippen molar-refractivity contribution in [1.82, 2.24) is 10.2 Å². The Balaban J connectivity index is 1.77. The van der Waals surface area contributed by atoms with Gasteiger partial charge in [-0.05, 0) is 36.9 Å². The Morgan fingerprint density at radius 2 is 1.70 bits per heavy atom. The van der Waals surface area contributed by atoms with Crippen LogP contribution in [0.5, 0.6) is 0 Å². The third kappa shape index (κ3) is 6.22. The third-order valence-corrected chi connectivity index (χ3v) is 3.59. The number of likely N-dealkylation sites (N-methyl/N-ethyl adjacent to an activating group) is 1. The number of amides is 3. The number of anilines is 1. The summed E-state index contributed by atoms with van der Waals surface area (Å²) in [5, 5.41) is 4.92. The van der Waals surface area contributed by atoms with Gasteiger partial charge in [-0.25, -0.2) is 4.79 Å². The average Bonchev–Trinajstić information content (AvgIpc) is 2.50. The van der Waals surface area contributed by atoms with Gasteiger partial charge < -0.3 is 5.32 Å². The maximum Gasteiger partial charge on any atom is 0.325 e. The maximum atomic E-state index is 11.9. The van der Waals surface area contributed by atoms with Gasteiger partial charge in [0.05, 0.1) is 6.54 Å². The van der Waals surface area contributed by atoms with Gasteiger partial charge in [-0.15, -0.1) is 0 Å². The summed E-state index contributed by atoms with van der Waals surface area (Å²) >= 11 is 3.38. The van der Waals surface area contributed by atoms with Crippen molar-refractivity contribution in [2.45, 2.75) is 6.54 Å². The molecular weight excluding hydrogens is 358 g/mol. The maximum absolute atomic E-state index is 11.9. The normalized spacial score (nSPS) is 10.4. The van der Waals surface area contributed by atoms with Crippen molar-refractivity contribution >= 4 is 33.6 Å². The van der Waals surface area contributed by atoms with E-state index >= 15 is 0 Å². The Morgan fingerprint density at radius 3 is 2.35 bits per heavy atom. The molecule has 120 valence electrons. The molecule has 0 fully saturated rings. The number of urea groups is 1. The number of nitrogens with zero attached hydrogens (tertiary/aromatic N) is 1. The van der Waals surface area contributed by atoms with Gasteiger partial charge in [-0.3, -0.25) is 15.0 Å². The van der Waals surface area contributed by atoms with Gasteiger partial charge in [-0.1, -0.05) is 46.3 Å². The molecular formula is C17H18BrN3O2. The highest BCUT2D eigenvalue weighted by Gasteiger charge is 2.11. The molecule has 0 heterocycles. The zero-order chi connectivity index (χ0) is 16.7. The number of carbonyl (C=O) groups is 2. The number of imide groups is 1. The van der Waals surface area contributed by atoms with Crippen molar-refractivity contribution in [3.8, 4) is 0 Å². The van der Waals surface area contributed by atoms with Crippen LogP contribution in [0.2, 0.25) is 0 Å². The van der Waals surface area contributed by atoms with Gasteiger partial charge in [0.2, 0.25) is 5.91 Å². The van der Waals surface area contributed by atoms with Crippen LogP contribution in [0.1, 0.15) is 5.56 Å². The molecule has 3 amide bonds. The Labute approximate surface area is 143 Å². The minimum atomic E-state index is -0.529. The number of hydrogen-bond donors (Lipinski definition) is 2. The second-order valence-electron chi connectivity index (χ2n) is 5.17. The Bertz CT molecular complexity index is 659. The van der Waals surface area contributed by atoms with Crippen molar-refractivity contribution in [1.29, 1.82) is 0 Å². The van der Waals surface area contributed by atoms with Crippen molar-refractivity contribution < 1.29 is 9.59 Å². The van der Waals surface area contributed by atoms with Crippen molar-refractivity contribution in [3.63, 3.8) is 0 Å². The van der Waals surface area contributed by atoms with Crippen LogP contribution in [0.15, 0.2) is 59.1 Å². The molecule has 0 aromatic heterocycles. The summed E-state index contributed by atoms with van der Waals surface area (Å²) in [6, 6.07) is 16.3. The summed E-state index contributed by atoms with van der Waals surface area (Å²) in [6.07, 6.45) is 0. The fraction of sp³-hybridized carbons (Fsp3) is 0.176. The number of halogens is 1. The highest BCUT2D eigenvalue weighted by molar-refractivity contribution is 9.10. The molecule has 23 heavy (non-hydrogen) atoms. The van der Waals surface area contributed by atoms with Gasteiger partial charge >= 0.3 is 6.03 Å². The summed E-state index contributed by atoms with van der Waals surface area (Å²) in [6.45, 7) is 0.763. The first-order valence-electron chi connectivity index (χ1n) is 7.12. The zero-order valence-electron chi connectivity index (χ0n) is 12.8. The predicted molar refractivity (Wildman–Crippen MR) is 94.1 cm³/mol. The van der Waals surface area contributed by atoms with Crippen LogP contribution in [0, 0.1) is 0 Å². The first-order chi connectivity index (χ1) is 11.0. The van der Waals surface area contributed by atoms with Crippen LogP contribution < -0.4 is 10.6 Å². The molecule has 0 bridgehead atoms. The summed E-state index contributed by atoms with van der Waals surface area (Å²) in [5.41, 5.74) is 1.73. The number of carbonyl (C=O) groups excluding carboxylic acids is 2. The summed E-state index contributed by atoms with van der Waals surface area (Å²) in [7, 11) is 1.83. The topological polar surface area (TPSA) is 61.4 Å². The Hall–Kier alpha value is -2.18. The lowest BCUT2D eigenvalue weighted by Gasteiger charge is -2.16. The lowest BCUT2D eigenvalue weighted by Crippen LogP contribution is -2.40. The predicted octanol–water partition coefficient (Wildman–Crippen LogP) is 3.23. The monoisotopic (exact) mass is 375 g/mol. The largest absolute Gasteiger partial charge is 0.325 e. The number of benzene rings is 2. The van der Waals surface area contributed by atoms with E-state index in [1.807, 2.05) is 54.4 Å². The molecule has 6 heteroatoms. The van der Waals surface area contributed by atoms with Gasteiger partial charge in [-0.2, -0.15) is 0 Å². The van der Waals surface area contributed by atoms with Gasteiger partial charge in [0.25, 0.3) is 0 Å². The van der Waals surface area contributed by atoms with E-state index in [1.54, 1.807) is 12.1 Å². The lowest BCUT2D eigenvalue weighted by atomic mass is 10.2. The number of para-hydroxylation sites is 1. The van der Waals surface area contributed by atoms with Gasteiger partial charge in [0, 0.05) is 16.7 Å². The summed E-state index contributed by atoms with van der Waals surface area (Å²) in [4.78, 5) is 25.5. The second kappa shape index (κ2) is 8.45. The van der Waals surface area contributed by atoms with Crippen molar-refractivity contribution in [2.24, 2.45) is 0 Å². The summed E-state index contributed by atoms with van der Waals surface area (Å²) in [5.74, 6) is -0.349. The molecule has 5 nitrogen and oxygen atoms in total. The van der Waals surface area contributed by atoms with E-state index in [0.717, 1.165) is 10.0 Å². The Kier molecular flexibility index (Phi) is 6.31. The van der Waals surface area contributed by atoms with Gasteiger partial charge in [0.1, 0.15) is 0 Å². The van der Waals surface area contributed by atoms with Crippen molar-refractivity contribution in [2.75, 3.05) is 18.9 Å². The molecule has 0 saturated carbocycles. The van der Waals surface area contributed by atoms with Crippen LogP contribution in [0.4, 0.5) is 10.5 Å². The number of nitrogens with one attached hydrogen (secondary N) is 2. The van der Waals surface area contributed by atoms with Gasteiger partial charge in [0.15, 0.2) is 0 Å². The quantitative estimate of drug-likeness (QED) is 0.843. The molecule has 2 aromatic rings. The fourth-order valence-corrected chi connectivity index (χ4v) is 2.32. The minimum Gasteiger partial charge on any atom is -0.308 e. The fourth-order valence-electron chi connectivity index (χ4n) is 2.05. The van der Waals surface area contributed by atoms with Crippen LogP contribution in [0.25, 0.3) is 0 Å². The molecule has 0 aliphatic heterocycles. The molecule has 0 aliphatic carbocycles. The second-order valence-corrected chi connectivity index (χ2v) is 6.08. The smallest absolute Gasteiger partial charge is 0.308 e. The van der Waals surface area contributed by atoms with E-state index in [1.165, 1.54) is 0 Å². The lowest BCUT2D eigenvalue weighted by molar-refractivity contribution is -0.120. The van der Waals surface area contributed by atoms with E-state index in [4.69, 9.17) is 0 Å². The molecule has 0 radical (unpaired) electrons.